The molecule has 1 amide bonds. The van der Waals surface area contributed by atoms with Gasteiger partial charge in [0.15, 0.2) is 0 Å². The van der Waals surface area contributed by atoms with Crippen LogP contribution in [0, 0.1) is 5.92 Å². The Bertz CT molecular complexity index is 539. The molecule has 1 aliphatic carbocycles. The molecule has 2 fully saturated rings. The molecule has 0 radical (unpaired) electrons. The van der Waals surface area contributed by atoms with E-state index in [0.717, 1.165) is 38.6 Å². The van der Waals surface area contributed by atoms with Crippen LogP contribution in [0.4, 0.5) is 5.69 Å². The topological polar surface area (TPSA) is 35.6 Å². The van der Waals surface area contributed by atoms with E-state index < -0.39 is 0 Å². The average Bonchev–Trinajstić information content (AvgIpc) is 2.99. The first-order chi connectivity index (χ1) is 9.79. The number of carbonyl (C=O) groups excluding carboxylic acids is 1. The summed E-state index contributed by atoms with van der Waals surface area (Å²) in [5, 5.41) is 3.48. The molecule has 1 aromatic rings. The van der Waals surface area contributed by atoms with E-state index in [1.165, 1.54) is 29.7 Å². The SMILES string of the molecule is O=C1CN(Cc2cccc3c2NCC3)CN1CC1CC1. The minimum Gasteiger partial charge on any atom is -0.384 e. The molecule has 1 aromatic carbocycles. The summed E-state index contributed by atoms with van der Waals surface area (Å²) in [7, 11) is 0. The maximum atomic E-state index is 12.0. The van der Waals surface area contributed by atoms with Crippen LogP contribution in [-0.4, -0.2) is 42.0 Å². The number of anilines is 1. The van der Waals surface area contributed by atoms with Crippen LogP contribution in [-0.2, 0) is 17.8 Å². The lowest BCUT2D eigenvalue weighted by molar-refractivity contribution is -0.126. The van der Waals surface area contributed by atoms with Gasteiger partial charge in [-0.05, 0) is 36.3 Å². The predicted molar refractivity (Wildman–Crippen MR) is 78.3 cm³/mol. The molecule has 1 saturated carbocycles. The summed E-state index contributed by atoms with van der Waals surface area (Å²) in [6, 6.07) is 6.53. The van der Waals surface area contributed by atoms with E-state index in [1.807, 2.05) is 4.90 Å². The zero-order chi connectivity index (χ0) is 13.5. The van der Waals surface area contributed by atoms with Gasteiger partial charge in [-0.25, -0.2) is 0 Å². The Hall–Kier alpha value is -1.55. The Balaban J connectivity index is 1.44. The standard InChI is InChI=1S/C16H21N3O/c20-15-10-18(11-19(15)8-12-4-5-12)9-14-3-1-2-13-6-7-17-16(13)14/h1-3,12,17H,4-11H2. The number of nitrogens with zero attached hydrogens (tertiary/aromatic N) is 2. The molecular formula is C16H21N3O. The second-order valence-corrected chi connectivity index (χ2v) is 6.32. The van der Waals surface area contributed by atoms with Crippen molar-refractivity contribution in [2.45, 2.75) is 25.8 Å². The van der Waals surface area contributed by atoms with Gasteiger partial charge in [0.1, 0.15) is 0 Å². The van der Waals surface area contributed by atoms with E-state index in [0.29, 0.717) is 12.5 Å². The molecule has 4 rings (SSSR count). The lowest BCUT2D eigenvalue weighted by atomic mass is 10.1. The quantitative estimate of drug-likeness (QED) is 0.905. The third kappa shape index (κ3) is 2.29. The first kappa shape index (κ1) is 12.2. The summed E-state index contributed by atoms with van der Waals surface area (Å²) < 4.78 is 0. The van der Waals surface area contributed by atoms with E-state index in [2.05, 4.69) is 28.4 Å². The molecule has 3 aliphatic rings. The van der Waals surface area contributed by atoms with Crippen molar-refractivity contribution >= 4 is 11.6 Å². The van der Waals surface area contributed by atoms with Crippen molar-refractivity contribution in [2.75, 3.05) is 31.6 Å². The van der Waals surface area contributed by atoms with E-state index in [9.17, 15) is 4.79 Å². The Kier molecular flexibility index (Phi) is 2.91. The molecule has 1 saturated heterocycles. The average molecular weight is 271 g/mol. The molecule has 106 valence electrons. The number of hydrogen-bond donors (Lipinski definition) is 1. The van der Waals surface area contributed by atoms with Crippen LogP contribution >= 0.6 is 0 Å². The lowest BCUT2D eigenvalue weighted by Gasteiger charge is -2.19. The fourth-order valence-corrected chi connectivity index (χ4v) is 3.32. The molecule has 2 aliphatic heterocycles. The van der Waals surface area contributed by atoms with Gasteiger partial charge in [0, 0.05) is 25.3 Å². The molecule has 0 spiro atoms. The molecule has 4 heteroatoms. The van der Waals surface area contributed by atoms with Crippen molar-refractivity contribution in [1.82, 2.24) is 9.80 Å². The number of fused-ring (bicyclic) bond motifs is 1. The largest absolute Gasteiger partial charge is 0.384 e. The minimum atomic E-state index is 0.303. The highest BCUT2D eigenvalue weighted by Crippen LogP contribution is 2.31. The molecule has 4 nitrogen and oxygen atoms in total. The molecule has 2 heterocycles. The number of nitrogens with one attached hydrogen (secondary N) is 1. The summed E-state index contributed by atoms with van der Waals surface area (Å²) in [5.41, 5.74) is 4.06. The fraction of sp³-hybridized carbons (Fsp3) is 0.562. The van der Waals surface area contributed by atoms with E-state index in [4.69, 9.17) is 0 Å². The molecule has 20 heavy (non-hydrogen) atoms. The van der Waals surface area contributed by atoms with E-state index in [-0.39, 0.29) is 0 Å². The summed E-state index contributed by atoms with van der Waals surface area (Å²) >= 11 is 0. The maximum Gasteiger partial charge on any atom is 0.237 e. The van der Waals surface area contributed by atoms with Crippen molar-refractivity contribution < 1.29 is 4.79 Å². The van der Waals surface area contributed by atoms with Gasteiger partial charge >= 0.3 is 0 Å². The van der Waals surface area contributed by atoms with Crippen LogP contribution in [0.1, 0.15) is 24.0 Å². The van der Waals surface area contributed by atoms with E-state index >= 15 is 0 Å². The second kappa shape index (κ2) is 4.77. The van der Waals surface area contributed by atoms with Crippen molar-refractivity contribution in [3.63, 3.8) is 0 Å². The highest BCUT2D eigenvalue weighted by molar-refractivity contribution is 5.80. The van der Waals surface area contributed by atoms with Crippen LogP contribution < -0.4 is 5.32 Å². The van der Waals surface area contributed by atoms with Crippen LogP contribution in [0.5, 0.6) is 0 Å². The Morgan fingerprint density at radius 1 is 1.30 bits per heavy atom. The monoisotopic (exact) mass is 271 g/mol. The van der Waals surface area contributed by atoms with Gasteiger partial charge < -0.3 is 10.2 Å². The van der Waals surface area contributed by atoms with Crippen molar-refractivity contribution in [3.8, 4) is 0 Å². The summed E-state index contributed by atoms with van der Waals surface area (Å²) in [6.07, 6.45) is 3.73. The van der Waals surface area contributed by atoms with Gasteiger partial charge in [0.25, 0.3) is 0 Å². The van der Waals surface area contributed by atoms with Gasteiger partial charge in [0.2, 0.25) is 5.91 Å². The van der Waals surface area contributed by atoms with Crippen LogP contribution in [0.2, 0.25) is 0 Å². The Morgan fingerprint density at radius 2 is 2.20 bits per heavy atom. The van der Waals surface area contributed by atoms with Gasteiger partial charge in [-0.1, -0.05) is 18.2 Å². The van der Waals surface area contributed by atoms with Crippen molar-refractivity contribution in [2.24, 2.45) is 5.92 Å². The lowest BCUT2D eigenvalue weighted by Crippen LogP contribution is -2.29. The van der Waals surface area contributed by atoms with Gasteiger partial charge in [-0.15, -0.1) is 0 Å². The zero-order valence-corrected chi connectivity index (χ0v) is 11.8. The molecule has 0 atom stereocenters. The summed E-state index contributed by atoms with van der Waals surface area (Å²) in [6.45, 7) is 4.28. The first-order valence-corrected chi connectivity index (χ1v) is 7.64. The smallest absolute Gasteiger partial charge is 0.237 e. The Morgan fingerprint density at radius 3 is 3.05 bits per heavy atom. The molecule has 0 aromatic heterocycles. The van der Waals surface area contributed by atoms with Crippen LogP contribution in [0.15, 0.2) is 18.2 Å². The van der Waals surface area contributed by atoms with Gasteiger partial charge in [-0.2, -0.15) is 0 Å². The summed E-state index contributed by atoms with van der Waals surface area (Å²) in [4.78, 5) is 16.3. The molecule has 0 unspecified atom stereocenters. The van der Waals surface area contributed by atoms with Gasteiger partial charge in [0.05, 0.1) is 13.2 Å². The number of hydrogen-bond acceptors (Lipinski definition) is 3. The summed E-state index contributed by atoms with van der Waals surface area (Å²) in [5.74, 6) is 1.08. The van der Waals surface area contributed by atoms with Gasteiger partial charge in [-0.3, -0.25) is 9.69 Å². The fourth-order valence-electron chi connectivity index (χ4n) is 3.32. The van der Waals surface area contributed by atoms with Crippen LogP contribution in [0.25, 0.3) is 0 Å². The van der Waals surface area contributed by atoms with Crippen LogP contribution in [0.3, 0.4) is 0 Å². The number of carbonyl (C=O) groups is 1. The third-order valence-corrected chi connectivity index (χ3v) is 4.58. The number of para-hydroxylation sites is 1. The second-order valence-electron chi connectivity index (χ2n) is 6.32. The predicted octanol–water partition coefficient (Wildman–Crippen LogP) is 1.67. The minimum absolute atomic E-state index is 0.303. The number of amides is 1. The number of benzene rings is 1. The zero-order valence-electron chi connectivity index (χ0n) is 11.8. The number of rotatable bonds is 4. The van der Waals surface area contributed by atoms with Crippen molar-refractivity contribution in [1.29, 1.82) is 0 Å². The molecular weight excluding hydrogens is 250 g/mol. The maximum absolute atomic E-state index is 12.0. The highest BCUT2D eigenvalue weighted by Gasteiger charge is 2.32. The van der Waals surface area contributed by atoms with E-state index in [1.54, 1.807) is 0 Å². The molecule has 1 N–H and O–H groups in total. The normalized spacial score (nSPS) is 22.2. The first-order valence-electron chi connectivity index (χ1n) is 7.64. The van der Waals surface area contributed by atoms with Crippen molar-refractivity contribution in [3.05, 3.63) is 29.3 Å². The molecule has 0 bridgehead atoms. The Labute approximate surface area is 119 Å². The third-order valence-electron chi connectivity index (χ3n) is 4.58. The highest BCUT2D eigenvalue weighted by atomic mass is 16.2.